The van der Waals surface area contributed by atoms with E-state index >= 15 is 0 Å². The lowest BCUT2D eigenvalue weighted by molar-refractivity contribution is 0.0256. The lowest BCUT2D eigenvalue weighted by atomic mass is 9.95. The van der Waals surface area contributed by atoms with Crippen LogP contribution >= 0.6 is 11.3 Å². The third-order valence-corrected chi connectivity index (χ3v) is 4.24. The maximum atomic E-state index is 10.2. The first kappa shape index (κ1) is 13.6. The van der Waals surface area contributed by atoms with Crippen molar-refractivity contribution in [2.24, 2.45) is 0 Å². The van der Waals surface area contributed by atoms with Gasteiger partial charge in [-0.15, -0.1) is 11.3 Å². The Balaban J connectivity index is 2.61. The fourth-order valence-electron chi connectivity index (χ4n) is 1.49. The van der Waals surface area contributed by atoms with Gasteiger partial charge in [0.1, 0.15) is 5.01 Å². The summed E-state index contributed by atoms with van der Waals surface area (Å²) in [5, 5.41) is 16.6. The van der Waals surface area contributed by atoms with Gasteiger partial charge in [-0.2, -0.15) is 0 Å². The summed E-state index contributed by atoms with van der Waals surface area (Å²) in [6.45, 7) is 8.82. The molecule has 0 spiro atoms. The second kappa shape index (κ2) is 5.25. The molecule has 16 heavy (non-hydrogen) atoms. The van der Waals surface area contributed by atoms with Crippen molar-refractivity contribution >= 4 is 11.3 Å². The van der Waals surface area contributed by atoms with Crippen LogP contribution in [-0.4, -0.2) is 22.2 Å². The highest BCUT2D eigenvalue weighted by atomic mass is 32.1. The summed E-state index contributed by atoms with van der Waals surface area (Å²) in [7, 11) is 0. The van der Waals surface area contributed by atoms with Gasteiger partial charge in [-0.25, -0.2) is 4.98 Å². The van der Waals surface area contributed by atoms with E-state index in [4.69, 9.17) is 0 Å². The van der Waals surface area contributed by atoms with Crippen molar-refractivity contribution in [2.75, 3.05) is 6.54 Å². The SMILES string of the molecule is CCC(O)(CC)CNC(C)(C)c1nccs1. The molecular weight excluding hydrogens is 220 g/mol. The van der Waals surface area contributed by atoms with E-state index in [-0.39, 0.29) is 5.54 Å². The summed E-state index contributed by atoms with van der Waals surface area (Å²) < 4.78 is 0. The molecule has 0 radical (unpaired) electrons. The molecule has 4 heteroatoms. The van der Waals surface area contributed by atoms with Crippen LogP contribution in [0.15, 0.2) is 11.6 Å². The Morgan fingerprint density at radius 1 is 1.38 bits per heavy atom. The van der Waals surface area contributed by atoms with Crippen LogP contribution in [0.1, 0.15) is 45.5 Å². The minimum atomic E-state index is -0.603. The molecule has 0 atom stereocenters. The van der Waals surface area contributed by atoms with Gasteiger partial charge in [0.05, 0.1) is 11.1 Å². The first-order valence-corrected chi connectivity index (χ1v) is 6.69. The van der Waals surface area contributed by atoms with Gasteiger partial charge in [0.2, 0.25) is 0 Å². The third-order valence-electron chi connectivity index (χ3n) is 3.14. The van der Waals surface area contributed by atoms with Crippen LogP contribution in [0.3, 0.4) is 0 Å². The van der Waals surface area contributed by atoms with Gasteiger partial charge in [0.15, 0.2) is 0 Å². The highest BCUT2D eigenvalue weighted by Crippen LogP contribution is 2.23. The van der Waals surface area contributed by atoms with Crippen LogP contribution < -0.4 is 5.32 Å². The molecule has 1 heterocycles. The number of nitrogens with zero attached hydrogens (tertiary/aromatic N) is 1. The Labute approximate surface area is 102 Å². The standard InChI is InChI=1S/C12H22N2OS/c1-5-12(15,6-2)9-14-11(3,4)10-13-7-8-16-10/h7-8,14-15H,5-6,9H2,1-4H3. The number of hydrogen-bond donors (Lipinski definition) is 2. The summed E-state index contributed by atoms with van der Waals surface area (Å²) in [4.78, 5) is 4.31. The van der Waals surface area contributed by atoms with Crippen LogP contribution in [0, 0.1) is 0 Å². The van der Waals surface area contributed by atoms with Gasteiger partial charge in [-0.05, 0) is 26.7 Å². The largest absolute Gasteiger partial charge is 0.389 e. The molecule has 0 bridgehead atoms. The first-order chi connectivity index (χ1) is 7.43. The number of thiazole rings is 1. The van der Waals surface area contributed by atoms with Gasteiger partial charge in [-0.1, -0.05) is 13.8 Å². The van der Waals surface area contributed by atoms with Gasteiger partial charge in [0, 0.05) is 18.1 Å². The molecule has 2 N–H and O–H groups in total. The third kappa shape index (κ3) is 3.27. The van der Waals surface area contributed by atoms with Crippen molar-refractivity contribution in [3.8, 4) is 0 Å². The zero-order valence-corrected chi connectivity index (χ0v) is 11.4. The second-order valence-electron chi connectivity index (χ2n) is 4.75. The van der Waals surface area contributed by atoms with Crippen LogP contribution in [0.2, 0.25) is 0 Å². The van der Waals surface area contributed by atoms with E-state index in [1.54, 1.807) is 11.3 Å². The van der Waals surface area contributed by atoms with Gasteiger partial charge >= 0.3 is 0 Å². The lowest BCUT2D eigenvalue weighted by Crippen LogP contribution is -2.47. The molecule has 0 unspecified atom stereocenters. The van der Waals surface area contributed by atoms with Crippen LogP contribution in [-0.2, 0) is 5.54 Å². The molecule has 0 aromatic carbocycles. The molecule has 0 amide bonds. The van der Waals surface area contributed by atoms with Gasteiger partial charge in [0.25, 0.3) is 0 Å². The molecule has 3 nitrogen and oxygen atoms in total. The van der Waals surface area contributed by atoms with E-state index in [1.807, 2.05) is 25.4 Å². The summed E-state index contributed by atoms with van der Waals surface area (Å²) in [5.74, 6) is 0. The summed E-state index contributed by atoms with van der Waals surface area (Å²) in [6, 6.07) is 0. The lowest BCUT2D eigenvalue weighted by Gasteiger charge is -2.31. The topological polar surface area (TPSA) is 45.1 Å². The quantitative estimate of drug-likeness (QED) is 0.805. The van der Waals surface area contributed by atoms with Crippen molar-refractivity contribution in [1.29, 1.82) is 0 Å². The highest BCUT2D eigenvalue weighted by Gasteiger charge is 2.28. The van der Waals surface area contributed by atoms with Crippen LogP contribution in [0.25, 0.3) is 0 Å². The summed E-state index contributed by atoms with van der Waals surface area (Å²) in [6.07, 6.45) is 3.35. The number of aromatic nitrogens is 1. The summed E-state index contributed by atoms with van der Waals surface area (Å²) in [5.41, 5.74) is -0.777. The number of rotatable bonds is 6. The van der Waals surface area contributed by atoms with E-state index in [1.165, 1.54) is 0 Å². The predicted octanol–water partition coefficient (Wildman–Crippen LogP) is 2.52. The molecule has 1 aromatic heterocycles. The average molecular weight is 242 g/mol. The van der Waals surface area contributed by atoms with E-state index in [0.717, 1.165) is 17.8 Å². The molecule has 0 fully saturated rings. The smallest absolute Gasteiger partial charge is 0.112 e. The van der Waals surface area contributed by atoms with Crippen molar-refractivity contribution in [1.82, 2.24) is 10.3 Å². The zero-order valence-electron chi connectivity index (χ0n) is 10.6. The predicted molar refractivity (Wildman–Crippen MR) is 68.7 cm³/mol. The molecule has 1 aromatic rings. The van der Waals surface area contributed by atoms with Crippen molar-refractivity contribution in [2.45, 2.75) is 51.7 Å². The Hall–Kier alpha value is -0.450. The number of hydrogen-bond acceptors (Lipinski definition) is 4. The minimum absolute atomic E-state index is 0.174. The molecule has 0 aliphatic heterocycles. The Bertz CT molecular complexity index is 305. The molecule has 0 aliphatic carbocycles. The maximum Gasteiger partial charge on any atom is 0.112 e. The monoisotopic (exact) mass is 242 g/mol. The number of aliphatic hydroxyl groups is 1. The normalized spacial score (nSPS) is 13.1. The van der Waals surface area contributed by atoms with Crippen molar-refractivity contribution < 1.29 is 5.11 Å². The Morgan fingerprint density at radius 3 is 2.44 bits per heavy atom. The molecule has 0 aliphatic rings. The molecule has 0 saturated carbocycles. The van der Waals surface area contributed by atoms with E-state index in [2.05, 4.69) is 24.1 Å². The second-order valence-corrected chi connectivity index (χ2v) is 5.64. The fourth-order valence-corrected chi connectivity index (χ4v) is 2.23. The first-order valence-electron chi connectivity index (χ1n) is 5.81. The molecule has 1 rings (SSSR count). The fraction of sp³-hybridized carbons (Fsp3) is 0.750. The van der Waals surface area contributed by atoms with Crippen molar-refractivity contribution in [3.05, 3.63) is 16.6 Å². The number of nitrogens with one attached hydrogen (secondary N) is 1. The Morgan fingerprint density at radius 2 is 2.00 bits per heavy atom. The van der Waals surface area contributed by atoms with Gasteiger partial charge < -0.3 is 10.4 Å². The Kier molecular flexibility index (Phi) is 4.47. The highest BCUT2D eigenvalue weighted by molar-refractivity contribution is 7.09. The molecular formula is C12H22N2OS. The van der Waals surface area contributed by atoms with Crippen molar-refractivity contribution in [3.63, 3.8) is 0 Å². The van der Waals surface area contributed by atoms with Crippen LogP contribution in [0.5, 0.6) is 0 Å². The van der Waals surface area contributed by atoms with E-state index < -0.39 is 5.60 Å². The maximum absolute atomic E-state index is 10.2. The zero-order chi connectivity index (χ0) is 12.2. The van der Waals surface area contributed by atoms with Crippen LogP contribution in [0.4, 0.5) is 0 Å². The van der Waals surface area contributed by atoms with E-state index in [9.17, 15) is 5.11 Å². The van der Waals surface area contributed by atoms with Gasteiger partial charge in [-0.3, -0.25) is 0 Å². The molecule has 0 saturated heterocycles. The molecule has 92 valence electrons. The average Bonchev–Trinajstić information content (AvgIpc) is 2.80. The van der Waals surface area contributed by atoms with E-state index in [0.29, 0.717) is 6.54 Å². The minimum Gasteiger partial charge on any atom is -0.389 e. The summed E-state index contributed by atoms with van der Waals surface area (Å²) >= 11 is 1.64.